The topological polar surface area (TPSA) is 57.6 Å². The zero-order valence-electron chi connectivity index (χ0n) is 13.3. The number of carboxylic acid groups (broad SMARTS) is 1. The van der Waals surface area contributed by atoms with Gasteiger partial charge in [-0.25, -0.2) is 0 Å². The molecule has 5 heteroatoms. The molecule has 1 aromatic carbocycles. The smallest absolute Gasteiger partial charge is 0.310 e. The van der Waals surface area contributed by atoms with Gasteiger partial charge < -0.3 is 10.0 Å². The van der Waals surface area contributed by atoms with Crippen LogP contribution in [0, 0.1) is 5.41 Å². The first-order valence-electron chi connectivity index (χ1n) is 8.21. The largest absolute Gasteiger partial charge is 0.481 e. The van der Waals surface area contributed by atoms with Gasteiger partial charge >= 0.3 is 5.97 Å². The van der Waals surface area contributed by atoms with Crippen LogP contribution in [0.1, 0.15) is 41.2 Å². The van der Waals surface area contributed by atoms with E-state index in [2.05, 4.69) is 23.6 Å². The monoisotopic (exact) mass is 341 g/mol. The van der Waals surface area contributed by atoms with E-state index < -0.39 is 11.4 Å². The summed E-state index contributed by atoms with van der Waals surface area (Å²) in [5.74, 6) is -0.687. The zero-order chi connectivity index (χ0) is 16.7. The molecule has 1 unspecified atom stereocenters. The van der Waals surface area contributed by atoms with Gasteiger partial charge in [0.25, 0.3) is 0 Å². The molecule has 1 aliphatic carbocycles. The van der Waals surface area contributed by atoms with Crippen molar-refractivity contribution in [2.24, 2.45) is 5.41 Å². The number of thiophene rings is 1. The summed E-state index contributed by atoms with van der Waals surface area (Å²) in [5.41, 5.74) is 1.64. The van der Waals surface area contributed by atoms with Gasteiger partial charge in [0.2, 0.25) is 5.91 Å². The molecule has 1 saturated carbocycles. The number of hydrogen-bond acceptors (Lipinski definition) is 3. The average molecular weight is 341 g/mol. The summed E-state index contributed by atoms with van der Waals surface area (Å²) in [4.78, 5) is 27.2. The molecule has 0 radical (unpaired) electrons. The van der Waals surface area contributed by atoms with Gasteiger partial charge in [-0.2, -0.15) is 0 Å². The van der Waals surface area contributed by atoms with Crippen LogP contribution in [0.3, 0.4) is 0 Å². The Morgan fingerprint density at radius 2 is 2.00 bits per heavy atom. The van der Waals surface area contributed by atoms with Crippen LogP contribution in [0.2, 0.25) is 0 Å². The number of benzene rings is 1. The van der Waals surface area contributed by atoms with Crippen LogP contribution in [0.25, 0.3) is 0 Å². The molecule has 4 rings (SSSR count). The van der Waals surface area contributed by atoms with Gasteiger partial charge in [0.1, 0.15) is 0 Å². The van der Waals surface area contributed by atoms with Crippen molar-refractivity contribution in [3.63, 3.8) is 0 Å². The fourth-order valence-corrected chi connectivity index (χ4v) is 4.39. The quantitative estimate of drug-likeness (QED) is 0.926. The van der Waals surface area contributed by atoms with E-state index >= 15 is 0 Å². The molecule has 2 heterocycles. The highest BCUT2D eigenvalue weighted by molar-refractivity contribution is 7.10. The first-order valence-corrected chi connectivity index (χ1v) is 9.09. The lowest BCUT2D eigenvalue weighted by atomic mass is 9.88. The van der Waals surface area contributed by atoms with Gasteiger partial charge in [0.15, 0.2) is 0 Å². The molecule has 24 heavy (non-hydrogen) atoms. The van der Waals surface area contributed by atoms with E-state index in [-0.39, 0.29) is 18.2 Å². The Labute approximate surface area is 144 Å². The third kappa shape index (κ3) is 2.63. The third-order valence-electron chi connectivity index (χ3n) is 5.23. The Balaban J connectivity index is 1.60. The lowest BCUT2D eigenvalue weighted by Crippen LogP contribution is -2.40. The standard InChI is InChI=1S/C19H19NO3S/c21-17(10-19(7-8-19)18(22)23)20-11-13-4-1-2-5-14(13)15(12-20)16-6-3-9-24-16/h1-6,9,15H,7-8,10-12H2,(H,22,23). The van der Waals surface area contributed by atoms with E-state index in [1.165, 1.54) is 10.4 Å². The lowest BCUT2D eigenvalue weighted by molar-refractivity contribution is -0.148. The van der Waals surface area contributed by atoms with Crippen LogP contribution in [0.5, 0.6) is 0 Å². The van der Waals surface area contributed by atoms with Crippen molar-refractivity contribution in [3.05, 3.63) is 57.8 Å². The summed E-state index contributed by atoms with van der Waals surface area (Å²) >= 11 is 1.71. The van der Waals surface area contributed by atoms with Gasteiger partial charge in [0.05, 0.1) is 5.41 Å². The number of carbonyl (C=O) groups excluding carboxylic acids is 1. The van der Waals surface area contributed by atoms with Crippen molar-refractivity contribution in [2.45, 2.75) is 31.7 Å². The minimum atomic E-state index is -0.830. The second-order valence-electron chi connectivity index (χ2n) is 6.80. The maximum Gasteiger partial charge on any atom is 0.310 e. The van der Waals surface area contributed by atoms with Gasteiger partial charge in [0, 0.05) is 30.3 Å². The second kappa shape index (κ2) is 5.74. The van der Waals surface area contributed by atoms with Crippen molar-refractivity contribution in [1.82, 2.24) is 4.90 Å². The van der Waals surface area contributed by atoms with Gasteiger partial charge in [-0.1, -0.05) is 30.3 Å². The molecule has 1 aromatic heterocycles. The minimum Gasteiger partial charge on any atom is -0.481 e. The van der Waals surface area contributed by atoms with E-state index in [1.807, 2.05) is 23.1 Å². The summed E-state index contributed by atoms with van der Waals surface area (Å²) in [7, 11) is 0. The van der Waals surface area contributed by atoms with Crippen molar-refractivity contribution in [3.8, 4) is 0 Å². The molecule has 4 nitrogen and oxygen atoms in total. The second-order valence-corrected chi connectivity index (χ2v) is 7.78. The van der Waals surface area contributed by atoms with Crippen molar-refractivity contribution >= 4 is 23.2 Å². The molecule has 0 bridgehead atoms. The lowest BCUT2D eigenvalue weighted by Gasteiger charge is -2.35. The summed E-state index contributed by atoms with van der Waals surface area (Å²) in [5, 5.41) is 11.4. The third-order valence-corrected chi connectivity index (χ3v) is 6.22. The maximum atomic E-state index is 12.7. The van der Waals surface area contributed by atoms with E-state index in [0.717, 1.165) is 5.56 Å². The maximum absolute atomic E-state index is 12.7. The summed E-state index contributed by atoms with van der Waals surface area (Å²) in [6.07, 6.45) is 1.36. The molecule has 1 fully saturated rings. The van der Waals surface area contributed by atoms with Crippen LogP contribution >= 0.6 is 11.3 Å². The number of carbonyl (C=O) groups is 2. The minimum absolute atomic E-state index is 0.0361. The van der Waals surface area contributed by atoms with Gasteiger partial charge in [-0.3, -0.25) is 9.59 Å². The van der Waals surface area contributed by atoms with Crippen LogP contribution in [-0.4, -0.2) is 28.4 Å². The number of rotatable bonds is 4. The fourth-order valence-electron chi connectivity index (χ4n) is 3.55. The highest BCUT2D eigenvalue weighted by Gasteiger charge is 2.52. The predicted molar refractivity (Wildman–Crippen MR) is 91.9 cm³/mol. The molecule has 2 aliphatic rings. The zero-order valence-corrected chi connectivity index (χ0v) is 14.1. The Morgan fingerprint density at radius 1 is 1.21 bits per heavy atom. The fraction of sp³-hybridized carbons (Fsp3) is 0.368. The molecule has 1 atom stereocenters. The Kier molecular flexibility index (Phi) is 3.68. The normalized spacial score (nSPS) is 21.2. The molecule has 0 saturated heterocycles. The van der Waals surface area contributed by atoms with Crippen LogP contribution in [0.15, 0.2) is 41.8 Å². The number of amides is 1. The van der Waals surface area contributed by atoms with Crippen LogP contribution in [0.4, 0.5) is 0 Å². The van der Waals surface area contributed by atoms with E-state index in [0.29, 0.717) is 25.9 Å². The number of aliphatic carboxylic acids is 1. The summed E-state index contributed by atoms with van der Waals surface area (Å²) in [6.45, 7) is 1.21. The number of carboxylic acids is 1. The van der Waals surface area contributed by atoms with Crippen molar-refractivity contribution in [1.29, 1.82) is 0 Å². The molecular weight excluding hydrogens is 322 g/mol. The molecule has 1 aliphatic heterocycles. The van der Waals surface area contributed by atoms with Gasteiger partial charge in [-0.15, -0.1) is 11.3 Å². The Hall–Kier alpha value is -2.14. The molecule has 1 amide bonds. The number of nitrogens with zero attached hydrogens (tertiary/aromatic N) is 1. The molecule has 1 N–H and O–H groups in total. The molecular formula is C19H19NO3S. The van der Waals surface area contributed by atoms with Gasteiger partial charge in [-0.05, 0) is 35.4 Å². The first-order chi connectivity index (χ1) is 11.6. The molecule has 2 aromatic rings. The SMILES string of the molecule is O=C(CC1(C(=O)O)CC1)N1Cc2ccccc2C(c2cccs2)C1. The summed E-state index contributed by atoms with van der Waals surface area (Å²) < 4.78 is 0. The van der Waals surface area contributed by atoms with Crippen molar-refractivity contribution < 1.29 is 14.7 Å². The average Bonchev–Trinajstić information content (AvgIpc) is 3.17. The summed E-state index contributed by atoms with van der Waals surface area (Å²) in [6, 6.07) is 12.4. The molecule has 124 valence electrons. The van der Waals surface area contributed by atoms with E-state index in [4.69, 9.17) is 0 Å². The highest BCUT2D eigenvalue weighted by atomic mass is 32.1. The Bertz CT molecular complexity index is 780. The first kappa shape index (κ1) is 15.4. The molecule has 0 spiro atoms. The number of fused-ring (bicyclic) bond motifs is 1. The van der Waals surface area contributed by atoms with E-state index in [1.54, 1.807) is 11.3 Å². The van der Waals surface area contributed by atoms with Crippen LogP contribution in [-0.2, 0) is 16.1 Å². The van der Waals surface area contributed by atoms with Crippen molar-refractivity contribution in [2.75, 3.05) is 6.54 Å². The Morgan fingerprint density at radius 3 is 2.67 bits per heavy atom. The van der Waals surface area contributed by atoms with E-state index in [9.17, 15) is 14.7 Å². The van der Waals surface area contributed by atoms with Crippen LogP contribution < -0.4 is 0 Å². The predicted octanol–water partition coefficient (Wildman–Crippen LogP) is 3.48. The number of hydrogen-bond donors (Lipinski definition) is 1. The highest BCUT2D eigenvalue weighted by Crippen LogP contribution is 2.49.